The van der Waals surface area contributed by atoms with Crippen molar-refractivity contribution in [1.29, 1.82) is 0 Å². The number of carbonyl (C=O) groups excluding carboxylic acids is 2. The van der Waals surface area contributed by atoms with E-state index in [4.69, 9.17) is 0 Å². The van der Waals surface area contributed by atoms with Gasteiger partial charge in [0.2, 0.25) is 5.91 Å². The summed E-state index contributed by atoms with van der Waals surface area (Å²) >= 11 is 3.25. The molecule has 0 radical (unpaired) electrons. The van der Waals surface area contributed by atoms with Gasteiger partial charge < -0.3 is 15.5 Å². The lowest BCUT2D eigenvalue weighted by molar-refractivity contribution is -0.124. The van der Waals surface area contributed by atoms with Crippen LogP contribution in [0.2, 0.25) is 0 Å². The molecule has 1 saturated heterocycles. The van der Waals surface area contributed by atoms with Gasteiger partial charge in [-0.05, 0) is 37.1 Å². The Labute approximate surface area is 173 Å². The molecule has 1 aliphatic carbocycles. The van der Waals surface area contributed by atoms with Crippen LogP contribution in [-0.4, -0.2) is 40.5 Å². The minimum Gasteiger partial charge on any atom is -0.349 e. The fourth-order valence-electron chi connectivity index (χ4n) is 3.98. The van der Waals surface area contributed by atoms with E-state index in [-0.39, 0.29) is 24.0 Å². The predicted octanol–water partition coefficient (Wildman–Crippen LogP) is 3.99. The molecule has 3 amide bonds. The summed E-state index contributed by atoms with van der Waals surface area (Å²) in [6, 6.07) is 3.86. The van der Waals surface area contributed by atoms with Gasteiger partial charge >= 0.3 is 6.03 Å². The third-order valence-corrected chi connectivity index (χ3v) is 7.41. The Balaban J connectivity index is 1.30. The van der Waals surface area contributed by atoms with E-state index in [0.29, 0.717) is 13.1 Å². The molecule has 2 fully saturated rings. The second kappa shape index (κ2) is 9.05. The summed E-state index contributed by atoms with van der Waals surface area (Å²) in [5.74, 6) is -0.0815. The van der Waals surface area contributed by atoms with E-state index in [9.17, 15) is 9.59 Å². The van der Waals surface area contributed by atoms with Crippen LogP contribution in [-0.2, 0) is 11.3 Å². The predicted molar refractivity (Wildman–Crippen MR) is 112 cm³/mol. The first-order valence-electron chi connectivity index (χ1n) is 10.0. The molecule has 4 rings (SSSR count). The Morgan fingerprint density at radius 1 is 1.14 bits per heavy atom. The van der Waals surface area contributed by atoms with E-state index in [2.05, 4.69) is 15.6 Å². The Hall–Kier alpha value is -1.93. The summed E-state index contributed by atoms with van der Waals surface area (Å²) in [5, 5.41) is 11.1. The maximum absolute atomic E-state index is 12.7. The van der Waals surface area contributed by atoms with Crippen LogP contribution in [0, 0.1) is 0 Å². The van der Waals surface area contributed by atoms with Crippen molar-refractivity contribution in [2.24, 2.45) is 0 Å². The Morgan fingerprint density at radius 2 is 2.00 bits per heavy atom. The molecule has 8 heteroatoms. The van der Waals surface area contributed by atoms with E-state index >= 15 is 0 Å². The highest BCUT2D eigenvalue weighted by molar-refractivity contribution is 7.20. The molecule has 0 spiro atoms. The largest absolute Gasteiger partial charge is 0.349 e. The third-order valence-electron chi connectivity index (χ3n) is 5.48. The number of nitrogens with one attached hydrogen (secondary N) is 2. The van der Waals surface area contributed by atoms with Crippen LogP contribution in [0.5, 0.6) is 0 Å². The normalized spacial score (nSPS) is 20.3. The average molecular weight is 419 g/mol. The van der Waals surface area contributed by atoms with Gasteiger partial charge in [-0.25, -0.2) is 9.78 Å². The number of urea groups is 1. The summed E-state index contributed by atoms with van der Waals surface area (Å²) in [6.45, 7) is 1.05. The molecule has 0 unspecified atom stereocenters. The van der Waals surface area contributed by atoms with E-state index in [1.54, 1.807) is 27.6 Å². The highest BCUT2D eigenvalue weighted by Crippen LogP contribution is 2.28. The van der Waals surface area contributed by atoms with Gasteiger partial charge in [-0.3, -0.25) is 4.79 Å². The Bertz CT molecular complexity index is 799. The summed E-state index contributed by atoms with van der Waals surface area (Å²) in [7, 11) is 0. The molecule has 0 aromatic carbocycles. The summed E-state index contributed by atoms with van der Waals surface area (Å²) in [4.78, 5) is 32.8. The van der Waals surface area contributed by atoms with Crippen molar-refractivity contribution in [2.45, 2.75) is 63.6 Å². The van der Waals surface area contributed by atoms with Gasteiger partial charge in [0.05, 0.1) is 17.1 Å². The first-order chi connectivity index (χ1) is 13.7. The Morgan fingerprint density at radius 3 is 2.79 bits per heavy atom. The second-order valence-electron chi connectivity index (χ2n) is 7.47. The van der Waals surface area contributed by atoms with Crippen LogP contribution >= 0.6 is 22.7 Å². The minimum atomic E-state index is -0.376. The monoisotopic (exact) mass is 418 g/mol. The molecule has 3 heterocycles. The summed E-state index contributed by atoms with van der Waals surface area (Å²) in [5.41, 5.74) is 0.859. The molecule has 0 bridgehead atoms. The number of thiazole rings is 1. The van der Waals surface area contributed by atoms with Gasteiger partial charge in [0.25, 0.3) is 0 Å². The van der Waals surface area contributed by atoms with Gasteiger partial charge in [0, 0.05) is 18.0 Å². The number of carbonyl (C=O) groups is 2. The number of nitrogens with zero attached hydrogens (tertiary/aromatic N) is 2. The number of hydrogen-bond donors (Lipinski definition) is 2. The summed E-state index contributed by atoms with van der Waals surface area (Å²) in [6.07, 6.45) is 7.30. The molecule has 2 aliphatic rings. The molecule has 1 atom stereocenters. The van der Waals surface area contributed by atoms with Crippen molar-refractivity contribution in [1.82, 2.24) is 20.5 Å². The maximum atomic E-state index is 12.7. The van der Waals surface area contributed by atoms with E-state index in [1.165, 1.54) is 19.3 Å². The zero-order valence-electron chi connectivity index (χ0n) is 15.9. The molecule has 2 N–H and O–H groups in total. The van der Waals surface area contributed by atoms with Gasteiger partial charge in [-0.15, -0.1) is 22.7 Å². The average Bonchev–Trinajstić information content (AvgIpc) is 3.48. The molecule has 150 valence electrons. The highest BCUT2D eigenvalue weighted by Gasteiger charge is 2.34. The van der Waals surface area contributed by atoms with Crippen molar-refractivity contribution < 1.29 is 9.59 Å². The SMILES string of the molecule is O=C(NCc1csc(-c2cccs2)n1)[C@H]1CCCN1C(=O)NC1CCCCC1. The molecule has 2 aromatic heterocycles. The van der Waals surface area contributed by atoms with Crippen molar-refractivity contribution in [3.8, 4) is 9.88 Å². The first kappa shape index (κ1) is 19.4. The molecule has 1 aliphatic heterocycles. The lowest BCUT2D eigenvalue weighted by atomic mass is 9.96. The number of hydrogen-bond acceptors (Lipinski definition) is 5. The molecule has 2 aromatic rings. The lowest BCUT2D eigenvalue weighted by Crippen LogP contribution is -2.51. The minimum absolute atomic E-state index is 0.0815. The topological polar surface area (TPSA) is 74.3 Å². The van der Waals surface area contributed by atoms with Gasteiger partial charge in [0.15, 0.2) is 0 Å². The fourth-order valence-corrected chi connectivity index (χ4v) is 5.62. The van der Waals surface area contributed by atoms with Crippen LogP contribution in [0.15, 0.2) is 22.9 Å². The number of thiophene rings is 1. The highest BCUT2D eigenvalue weighted by atomic mass is 32.1. The lowest BCUT2D eigenvalue weighted by Gasteiger charge is -2.29. The van der Waals surface area contributed by atoms with Crippen LogP contribution in [0.3, 0.4) is 0 Å². The zero-order valence-corrected chi connectivity index (χ0v) is 17.5. The molecule has 28 heavy (non-hydrogen) atoms. The Kier molecular flexibility index (Phi) is 6.26. The van der Waals surface area contributed by atoms with Crippen molar-refractivity contribution in [3.05, 3.63) is 28.6 Å². The van der Waals surface area contributed by atoms with Crippen LogP contribution in [0.25, 0.3) is 9.88 Å². The van der Waals surface area contributed by atoms with Gasteiger partial charge in [-0.2, -0.15) is 0 Å². The number of aromatic nitrogens is 1. The molecule has 6 nitrogen and oxygen atoms in total. The standard InChI is InChI=1S/C20H26N4O2S2/c25-18(21-12-15-13-28-19(22-15)17-9-5-11-27-17)16-8-4-10-24(16)20(26)23-14-6-2-1-3-7-14/h5,9,11,13-14,16H,1-4,6-8,10,12H2,(H,21,25)(H,23,26)/t16-/m1/s1. The van der Waals surface area contributed by atoms with E-state index < -0.39 is 0 Å². The third kappa shape index (κ3) is 4.55. The molecular weight excluding hydrogens is 392 g/mol. The second-order valence-corrected chi connectivity index (χ2v) is 9.28. The number of amides is 3. The van der Waals surface area contributed by atoms with Crippen molar-refractivity contribution in [3.63, 3.8) is 0 Å². The number of likely N-dealkylation sites (tertiary alicyclic amines) is 1. The fraction of sp³-hybridized carbons (Fsp3) is 0.550. The first-order valence-corrected chi connectivity index (χ1v) is 11.8. The van der Waals surface area contributed by atoms with Crippen LogP contribution in [0.4, 0.5) is 4.79 Å². The van der Waals surface area contributed by atoms with Crippen LogP contribution in [0.1, 0.15) is 50.6 Å². The number of rotatable bonds is 5. The van der Waals surface area contributed by atoms with Crippen molar-refractivity contribution in [2.75, 3.05) is 6.54 Å². The van der Waals surface area contributed by atoms with Crippen LogP contribution < -0.4 is 10.6 Å². The van der Waals surface area contributed by atoms with Gasteiger partial charge in [-0.1, -0.05) is 25.3 Å². The zero-order chi connectivity index (χ0) is 19.3. The smallest absolute Gasteiger partial charge is 0.318 e. The van der Waals surface area contributed by atoms with Crippen molar-refractivity contribution >= 4 is 34.6 Å². The van der Waals surface area contributed by atoms with E-state index in [1.807, 2.05) is 22.9 Å². The summed E-state index contributed by atoms with van der Waals surface area (Å²) < 4.78 is 0. The molecule has 1 saturated carbocycles. The van der Waals surface area contributed by atoms with Gasteiger partial charge in [0.1, 0.15) is 11.0 Å². The quantitative estimate of drug-likeness (QED) is 0.771. The maximum Gasteiger partial charge on any atom is 0.318 e. The van der Waals surface area contributed by atoms with E-state index in [0.717, 1.165) is 41.3 Å². The molecular formula is C20H26N4O2S2.